The van der Waals surface area contributed by atoms with Crippen molar-refractivity contribution in [3.8, 4) is 17.4 Å². The fourth-order valence-electron chi connectivity index (χ4n) is 3.54. The highest BCUT2D eigenvalue weighted by Crippen LogP contribution is 2.37. The van der Waals surface area contributed by atoms with Gasteiger partial charge in [0.2, 0.25) is 12.7 Å². The van der Waals surface area contributed by atoms with Crippen LogP contribution in [0.2, 0.25) is 0 Å². The van der Waals surface area contributed by atoms with E-state index in [1.807, 2.05) is 23.1 Å². The van der Waals surface area contributed by atoms with Crippen LogP contribution in [-0.4, -0.2) is 48.4 Å². The van der Waals surface area contributed by atoms with Gasteiger partial charge in [0, 0.05) is 30.2 Å². The summed E-state index contributed by atoms with van der Waals surface area (Å²) in [6.07, 6.45) is 2.17. The van der Waals surface area contributed by atoms with Crippen LogP contribution in [0.5, 0.6) is 17.4 Å². The summed E-state index contributed by atoms with van der Waals surface area (Å²) in [6.45, 7) is 2.08. The highest BCUT2D eigenvalue weighted by molar-refractivity contribution is 5.85. The Morgan fingerprint density at radius 1 is 1.16 bits per heavy atom. The van der Waals surface area contributed by atoms with Gasteiger partial charge in [-0.25, -0.2) is 4.98 Å². The highest BCUT2D eigenvalue weighted by Gasteiger charge is 2.27. The number of fused-ring (bicyclic) bond motifs is 3. The lowest BCUT2D eigenvalue weighted by Gasteiger charge is -2.23. The highest BCUT2D eigenvalue weighted by atomic mass is 16.7. The molecule has 2 aromatic rings. The Labute approximate surface area is 144 Å². The van der Waals surface area contributed by atoms with Crippen LogP contribution in [-0.2, 0) is 16.1 Å². The number of hydrogen-bond donors (Lipinski definition) is 0. The maximum atomic E-state index is 12.4. The van der Waals surface area contributed by atoms with E-state index in [0.29, 0.717) is 24.7 Å². The van der Waals surface area contributed by atoms with E-state index < -0.39 is 0 Å². The zero-order valence-electron chi connectivity index (χ0n) is 13.7. The van der Waals surface area contributed by atoms with Gasteiger partial charge in [0.1, 0.15) is 0 Å². The number of rotatable bonds is 2. The Kier molecular flexibility index (Phi) is 3.41. The van der Waals surface area contributed by atoms with E-state index in [-0.39, 0.29) is 25.4 Å². The predicted octanol–water partition coefficient (Wildman–Crippen LogP) is 1.86. The Balaban J connectivity index is 1.49. The summed E-state index contributed by atoms with van der Waals surface area (Å²) in [6, 6.07) is 5.78. The molecule has 1 saturated heterocycles. The molecule has 1 unspecified atom stereocenters. The second-order valence-corrected chi connectivity index (χ2v) is 6.55. The lowest BCUT2D eigenvalue weighted by molar-refractivity contribution is -0.134. The van der Waals surface area contributed by atoms with Gasteiger partial charge in [-0.05, 0) is 25.0 Å². The van der Waals surface area contributed by atoms with Crippen molar-refractivity contribution in [1.82, 2.24) is 9.88 Å². The Morgan fingerprint density at radius 2 is 2.04 bits per heavy atom. The van der Waals surface area contributed by atoms with Crippen molar-refractivity contribution in [2.45, 2.75) is 25.5 Å². The van der Waals surface area contributed by atoms with E-state index in [1.165, 1.54) is 0 Å². The van der Waals surface area contributed by atoms with Crippen molar-refractivity contribution >= 4 is 16.8 Å². The molecule has 1 aromatic carbocycles. The molecular weight excluding hydrogens is 324 g/mol. The molecule has 3 aliphatic heterocycles. The smallest absolute Gasteiger partial charge is 0.260 e. The molecule has 4 heterocycles. The summed E-state index contributed by atoms with van der Waals surface area (Å²) in [7, 11) is 0. The Bertz CT molecular complexity index is 847. The van der Waals surface area contributed by atoms with Gasteiger partial charge in [-0.1, -0.05) is 0 Å². The lowest BCUT2D eigenvalue weighted by atomic mass is 10.1. The summed E-state index contributed by atoms with van der Waals surface area (Å²) in [5, 5.41) is 0.943. The predicted molar refractivity (Wildman–Crippen MR) is 87.8 cm³/mol. The molecule has 7 heteroatoms. The number of benzene rings is 1. The maximum Gasteiger partial charge on any atom is 0.260 e. The standard InChI is InChI=1S/C18H18N2O5/c21-17-9-23-18-12(7-20(17)8-13-2-1-3-22-13)4-11-5-15-16(25-10-24-15)6-14(11)19-18/h4-6,13H,1-3,7-10H2. The second-order valence-electron chi connectivity index (χ2n) is 6.55. The largest absolute Gasteiger partial charge is 0.467 e. The van der Waals surface area contributed by atoms with Crippen LogP contribution in [0, 0.1) is 0 Å². The molecule has 0 saturated carbocycles. The molecule has 0 spiro atoms. The van der Waals surface area contributed by atoms with E-state index in [0.717, 1.165) is 41.7 Å². The lowest BCUT2D eigenvalue weighted by Crippen LogP contribution is -2.38. The van der Waals surface area contributed by atoms with Crippen LogP contribution in [0.1, 0.15) is 18.4 Å². The third-order valence-electron chi connectivity index (χ3n) is 4.84. The van der Waals surface area contributed by atoms with Gasteiger partial charge in [0.15, 0.2) is 18.1 Å². The Morgan fingerprint density at radius 3 is 2.88 bits per heavy atom. The maximum absolute atomic E-state index is 12.4. The summed E-state index contributed by atoms with van der Waals surface area (Å²) >= 11 is 0. The number of nitrogens with zero attached hydrogens (tertiary/aromatic N) is 2. The summed E-state index contributed by atoms with van der Waals surface area (Å²) in [5.74, 6) is 1.88. The summed E-state index contributed by atoms with van der Waals surface area (Å²) < 4.78 is 22.2. The van der Waals surface area contributed by atoms with E-state index in [9.17, 15) is 4.79 Å². The second kappa shape index (κ2) is 5.77. The first-order chi connectivity index (χ1) is 12.3. The van der Waals surface area contributed by atoms with Gasteiger partial charge in [-0.3, -0.25) is 4.79 Å². The number of amides is 1. The van der Waals surface area contributed by atoms with Crippen molar-refractivity contribution in [3.05, 3.63) is 23.8 Å². The van der Waals surface area contributed by atoms with Crippen molar-refractivity contribution in [2.24, 2.45) is 0 Å². The van der Waals surface area contributed by atoms with Crippen molar-refractivity contribution in [2.75, 3.05) is 26.6 Å². The molecule has 7 nitrogen and oxygen atoms in total. The first-order valence-electron chi connectivity index (χ1n) is 8.52. The zero-order chi connectivity index (χ0) is 16.8. The summed E-state index contributed by atoms with van der Waals surface area (Å²) in [4.78, 5) is 18.8. The number of ether oxygens (including phenoxy) is 4. The number of carbonyl (C=O) groups is 1. The number of hydrogen-bond acceptors (Lipinski definition) is 6. The molecule has 0 radical (unpaired) electrons. The number of aromatic nitrogens is 1. The van der Waals surface area contributed by atoms with Gasteiger partial charge in [-0.2, -0.15) is 0 Å². The number of pyridine rings is 1. The summed E-state index contributed by atoms with van der Waals surface area (Å²) in [5.41, 5.74) is 1.67. The van der Waals surface area contributed by atoms with Gasteiger partial charge < -0.3 is 23.8 Å². The minimum atomic E-state index is -0.0354. The normalized spacial score (nSPS) is 22.0. The van der Waals surface area contributed by atoms with Gasteiger partial charge in [0.05, 0.1) is 18.2 Å². The fourth-order valence-corrected chi connectivity index (χ4v) is 3.54. The minimum absolute atomic E-state index is 0.00276. The fraction of sp³-hybridized carbons (Fsp3) is 0.444. The zero-order valence-corrected chi connectivity index (χ0v) is 13.7. The molecule has 25 heavy (non-hydrogen) atoms. The van der Waals surface area contributed by atoms with E-state index in [4.69, 9.17) is 18.9 Å². The SMILES string of the molecule is O=C1COc2nc3cc4c(cc3cc2CN1CC1CCCO1)OCO4. The number of carbonyl (C=O) groups excluding carboxylic acids is 1. The van der Waals surface area contributed by atoms with Crippen LogP contribution in [0.15, 0.2) is 18.2 Å². The van der Waals surface area contributed by atoms with Crippen LogP contribution in [0.25, 0.3) is 10.9 Å². The van der Waals surface area contributed by atoms with Crippen molar-refractivity contribution in [1.29, 1.82) is 0 Å². The molecular formula is C18H18N2O5. The van der Waals surface area contributed by atoms with Gasteiger partial charge in [-0.15, -0.1) is 0 Å². The topological polar surface area (TPSA) is 70.1 Å². The van der Waals surface area contributed by atoms with Gasteiger partial charge in [0.25, 0.3) is 5.91 Å². The van der Waals surface area contributed by atoms with Crippen LogP contribution in [0.3, 0.4) is 0 Å². The third kappa shape index (κ3) is 2.64. The molecule has 5 rings (SSSR count). The van der Waals surface area contributed by atoms with Crippen LogP contribution >= 0.6 is 0 Å². The molecule has 130 valence electrons. The average Bonchev–Trinajstić information content (AvgIpc) is 3.25. The third-order valence-corrected chi connectivity index (χ3v) is 4.84. The van der Waals surface area contributed by atoms with E-state index in [2.05, 4.69) is 4.98 Å². The Hall–Kier alpha value is -2.54. The average molecular weight is 342 g/mol. The van der Waals surface area contributed by atoms with Gasteiger partial charge >= 0.3 is 0 Å². The van der Waals surface area contributed by atoms with Crippen molar-refractivity contribution < 1.29 is 23.7 Å². The molecule has 0 bridgehead atoms. The van der Waals surface area contributed by atoms with Crippen molar-refractivity contribution in [3.63, 3.8) is 0 Å². The molecule has 0 aliphatic carbocycles. The molecule has 1 fully saturated rings. The quantitative estimate of drug-likeness (QED) is 0.830. The molecule has 3 aliphatic rings. The first-order valence-corrected chi connectivity index (χ1v) is 8.52. The van der Waals surface area contributed by atoms with E-state index >= 15 is 0 Å². The molecule has 1 aromatic heterocycles. The van der Waals surface area contributed by atoms with E-state index in [1.54, 1.807) is 0 Å². The van der Waals surface area contributed by atoms with Crippen LogP contribution < -0.4 is 14.2 Å². The molecule has 1 amide bonds. The molecule has 1 atom stereocenters. The monoisotopic (exact) mass is 342 g/mol. The molecule has 0 N–H and O–H groups in total. The minimum Gasteiger partial charge on any atom is -0.467 e. The van der Waals surface area contributed by atoms with Crippen LogP contribution in [0.4, 0.5) is 0 Å². The first kappa shape index (κ1) is 14.8.